The highest BCUT2D eigenvalue weighted by atomic mass is 79.9. The quantitative estimate of drug-likeness (QED) is 0.850. The molecule has 0 atom stereocenters. The monoisotopic (exact) mass is 306 g/mol. The maximum atomic E-state index is 3.83. The van der Waals surface area contributed by atoms with Gasteiger partial charge in [0.25, 0.3) is 0 Å². The maximum Gasteiger partial charge on any atom is 0.0491 e. The second-order valence-corrected chi connectivity index (χ2v) is 6.10. The average Bonchev–Trinajstić information content (AvgIpc) is 2.63. The zero-order chi connectivity index (χ0) is 12.7. The van der Waals surface area contributed by atoms with Gasteiger partial charge in [0.1, 0.15) is 0 Å². The van der Waals surface area contributed by atoms with Crippen LogP contribution in [0.1, 0.15) is 30.0 Å². The highest BCUT2D eigenvalue weighted by Crippen LogP contribution is 2.38. The predicted molar refractivity (Wildman–Crippen MR) is 80.2 cm³/mol. The van der Waals surface area contributed by atoms with Gasteiger partial charge in [0.15, 0.2) is 0 Å². The van der Waals surface area contributed by atoms with Gasteiger partial charge in [-0.3, -0.25) is 0 Å². The Balaban J connectivity index is 2.16. The van der Waals surface area contributed by atoms with Gasteiger partial charge >= 0.3 is 0 Å². The lowest BCUT2D eigenvalue weighted by Crippen LogP contribution is -2.27. The molecule has 0 saturated carbocycles. The Morgan fingerprint density at radius 3 is 2.72 bits per heavy atom. The number of hydrogen-bond donors (Lipinski definition) is 1. The van der Waals surface area contributed by atoms with Crippen molar-refractivity contribution in [3.05, 3.63) is 33.9 Å². The first-order chi connectivity index (χ1) is 8.68. The van der Waals surface area contributed by atoms with Crippen LogP contribution in [0.4, 0.5) is 0 Å². The number of piperidine rings is 1. The number of aryl methyl sites for hydroxylation is 2. The first-order valence-electron chi connectivity index (χ1n) is 6.63. The van der Waals surface area contributed by atoms with E-state index in [-0.39, 0.29) is 0 Å². The topological polar surface area (TPSA) is 17.0 Å². The summed E-state index contributed by atoms with van der Waals surface area (Å²) in [4.78, 5) is 0. The molecule has 1 aromatic heterocycles. The second kappa shape index (κ2) is 4.71. The molecule has 3 heteroatoms. The molecule has 1 saturated heterocycles. The second-order valence-electron chi connectivity index (χ2n) is 5.30. The zero-order valence-corrected chi connectivity index (χ0v) is 12.5. The number of nitrogens with zero attached hydrogens (tertiary/aromatic N) is 1. The van der Waals surface area contributed by atoms with Crippen molar-refractivity contribution in [2.75, 3.05) is 13.1 Å². The summed E-state index contributed by atoms with van der Waals surface area (Å²) in [5.74, 6) is 0.679. The average molecular weight is 307 g/mol. The van der Waals surface area contributed by atoms with Gasteiger partial charge in [-0.05, 0) is 60.9 Å². The van der Waals surface area contributed by atoms with Crippen LogP contribution >= 0.6 is 15.9 Å². The Morgan fingerprint density at radius 2 is 2.00 bits per heavy atom. The molecule has 3 rings (SSSR count). The summed E-state index contributed by atoms with van der Waals surface area (Å²) in [5, 5.41) is 4.79. The molecule has 0 amide bonds. The largest absolute Gasteiger partial charge is 0.346 e. The minimum absolute atomic E-state index is 0.679. The molecule has 1 fully saturated rings. The van der Waals surface area contributed by atoms with Gasteiger partial charge in [0.2, 0.25) is 0 Å². The van der Waals surface area contributed by atoms with Crippen LogP contribution in [0.25, 0.3) is 10.9 Å². The van der Waals surface area contributed by atoms with E-state index in [1.54, 1.807) is 0 Å². The van der Waals surface area contributed by atoms with Gasteiger partial charge in [-0.2, -0.15) is 0 Å². The van der Waals surface area contributed by atoms with Crippen molar-refractivity contribution in [1.82, 2.24) is 9.88 Å². The molecule has 2 aromatic rings. The molecule has 1 aliphatic heterocycles. The van der Waals surface area contributed by atoms with Crippen molar-refractivity contribution in [1.29, 1.82) is 0 Å². The molecule has 96 valence electrons. The molecule has 2 nitrogen and oxygen atoms in total. The molecule has 1 N–H and O–H groups in total. The first kappa shape index (κ1) is 12.2. The van der Waals surface area contributed by atoms with Crippen LogP contribution in [0.3, 0.4) is 0 Å². The van der Waals surface area contributed by atoms with Gasteiger partial charge in [-0.25, -0.2) is 0 Å². The number of benzene rings is 1. The predicted octanol–water partition coefficient (Wildman–Crippen LogP) is 3.72. The molecule has 0 aliphatic carbocycles. The molecular weight excluding hydrogens is 288 g/mol. The van der Waals surface area contributed by atoms with Crippen LogP contribution in [-0.2, 0) is 7.05 Å². The number of nitrogens with one attached hydrogen (secondary N) is 1. The number of fused-ring (bicyclic) bond motifs is 1. The Morgan fingerprint density at radius 1 is 1.28 bits per heavy atom. The van der Waals surface area contributed by atoms with Crippen molar-refractivity contribution in [2.24, 2.45) is 7.05 Å². The number of hydrogen-bond acceptors (Lipinski definition) is 1. The van der Waals surface area contributed by atoms with Crippen LogP contribution in [0, 0.1) is 6.92 Å². The zero-order valence-electron chi connectivity index (χ0n) is 11.0. The van der Waals surface area contributed by atoms with E-state index in [0.29, 0.717) is 5.92 Å². The van der Waals surface area contributed by atoms with Gasteiger partial charge in [-0.15, -0.1) is 0 Å². The third-order valence-corrected chi connectivity index (χ3v) is 4.90. The van der Waals surface area contributed by atoms with Gasteiger partial charge in [-0.1, -0.05) is 11.6 Å². The van der Waals surface area contributed by atoms with Crippen LogP contribution in [0.5, 0.6) is 0 Å². The van der Waals surface area contributed by atoms with Gasteiger partial charge < -0.3 is 9.88 Å². The molecule has 1 aromatic carbocycles. The third-order valence-electron chi connectivity index (χ3n) is 4.06. The SMILES string of the molecule is Cc1ccc2c(c1)c(Br)c(C1CCNCC1)n2C. The van der Waals surface area contributed by atoms with Crippen molar-refractivity contribution in [2.45, 2.75) is 25.7 Å². The van der Waals surface area contributed by atoms with Gasteiger partial charge in [0, 0.05) is 34.0 Å². The fraction of sp³-hybridized carbons (Fsp3) is 0.467. The van der Waals surface area contributed by atoms with E-state index in [1.807, 2.05) is 0 Å². The number of rotatable bonds is 1. The first-order valence-corrected chi connectivity index (χ1v) is 7.43. The van der Waals surface area contributed by atoms with Crippen molar-refractivity contribution in [3.63, 3.8) is 0 Å². The van der Waals surface area contributed by atoms with Crippen molar-refractivity contribution >= 4 is 26.8 Å². The third kappa shape index (κ3) is 1.90. The number of aromatic nitrogens is 1. The van der Waals surface area contributed by atoms with E-state index in [2.05, 4.69) is 58.0 Å². The lowest BCUT2D eigenvalue weighted by atomic mass is 9.94. The summed E-state index contributed by atoms with van der Waals surface area (Å²) in [6, 6.07) is 6.71. The van der Waals surface area contributed by atoms with Gasteiger partial charge in [0.05, 0.1) is 0 Å². The van der Waals surface area contributed by atoms with Crippen LogP contribution in [0.15, 0.2) is 22.7 Å². The van der Waals surface area contributed by atoms with E-state index in [4.69, 9.17) is 0 Å². The Labute approximate surface area is 116 Å². The molecular formula is C15H19BrN2. The van der Waals surface area contributed by atoms with E-state index >= 15 is 0 Å². The molecule has 0 unspecified atom stereocenters. The van der Waals surface area contributed by atoms with E-state index in [9.17, 15) is 0 Å². The standard InChI is InChI=1S/C15H19BrN2/c1-10-3-4-13-12(9-10)14(16)15(18(13)2)11-5-7-17-8-6-11/h3-4,9,11,17H,5-8H2,1-2H3. The molecule has 18 heavy (non-hydrogen) atoms. The van der Waals surface area contributed by atoms with Crippen LogP contribution in [-0.4, -0.2) is 17.7 Å². The van der Waals surface area contributed by atoms with Crippen molar-refractivity contribution < 1.29 is 0 Å². The summed E-state index contributed by atoms with van der Waals surface area (Å²) in [7, 11) is 2.19. The summed E-state index contributed by atoms with van der Waals surface area (Å²) in [5.41, 5.74) is 4.13. The summed E-state index contributed by atoms with van der Waals surface area (Å²) in [6.45, 7) is 4.43. The van der Waals surface area contributed by atoms with E-state index < -0.39 is 0 Å². The Bertz CT molecular complexity index is 580. The smallest absolute Gasteiger partial charge is 0.0491 e. The molecule has 2 heterocycles. The molecule has 0 bridgehead atoms. The van der Waals surface area contributed by atoms with Crippen molar-refractivity contribution in [3.8, 4) is 0 Å². The number of halogens is 1. The van der Waals surface area contributed by atoms with Crippen LogP contribution in [0.2, 0.25) is 0 Å². The summed E-state index contributed by atoms with van der Waals surface area (Å²) in [6.07, 6.45) is 2.48. The lowest BCUT2D eigenvalue weighted by molar-refractivity contribution is 0.445. The molecule has 0 spiro atoms. The lowest BCUT2D eigenvalue weighted by Gasteiger charge is -2.24. The minimum atomic E-state index is 0.679. The molecule has 0 radical (unpaired) electrons. The highest BCUT2D eigenvalue weighted by molar-refractivity contribution is 9.10. The minimum Gasteiger partial charge on any atom is -0.346 e. The normalized spacial score (nSPS) is 17.5. The van der Waals surface area contributed by atoms with Crippen LogP contribution < -0.4 is 5.32 Å². The Kier molecular flexibility index (Phi) is 3.20. The Hall–Kier alpha value is -0.800. The van der Waals surface area contributed by atoms with E-state index in [0.717, 1.165) is 13.1 Å². The summed E-state index contributed by atoms with van der Waals surface area (Å²) < 4.78 is 3.67. The molecule has 1 aliphatic rings. The fourth-order valence-corrected chi connectivity index (χ4v) is 3.99. The maximum absolute atomic E-state index is 3.83. The fourth-order valence-electron chi connectivity index (χ4n) is 3.08. The summed E-state index contributed by atoms with van der Waals surface area (Å²) >= 11 is 3.83. The highest BCUT2D eigenvalue weighted by Gasteiger charge is 2.23. The van der Waals surface area contributed by atoms with E-state index in [1.165, 1.54) is 39.5 Å².